The molecule has 0 saturated heterocycles. The van der Waals surface area contributed by atoms with Crippen LogP contribution in [0.1, 0.15) is 10.4 Å². The van der Waals surface area contributed by atoms with Crippen LogP contribution in [0.5, 0.6) is 5.75 Å². The molecule has 0 fully saturated rings. The van der Waals surface area contributed by atoms with Crippen molar-refractivity contribution in [2.45, 2.75) is 5.16 Å². The predicted molar refractivity (Wildman–Crippen MR) is 137 cm³/mol. The van der Waals surface area contributed by atoms with Gasteiger partial charge in [-0.25, -0.2) is 9.78 Å². The Bertz CT molecular complexity index is 1520. The van der Waals surface area contributed by atoms with Crippen molar-refractivity contribution < 1.29 is 19.4 Å². The number of methoxy groups -OCH3 is 1. The molecular weight excluding hydrogens is 513 g/mol. The molecule has 0 aliphatic carbocycles. The van der Waals surface area contributed by atoms with Gasteiger partial charge in [-0.05, 0) is 36.4 Å². The lowest BCUT2D eigenvalue weighted by molar-refractivity contribution is -0.113. The number of carbonyl (C=O) groups excluding carboxylic acids is 1. The molecule has 11 heteroatoms. The lowest BCUT2D eigenvalue weighted by Gasteiger charge is -2.16. The van der Waals surface area contributed by atoms with Crippen molar-refractivity contribution in [2.24, 2.45) is 0 Å². The number of ether oxygens (including phenoxy) is 1. The van der Waals surface area contributed by atoms with Gasteiger partial charge in [-0.1, -0.05) is 59.2 Å². The summed E-state index contributed by atoms with van der Waals surface area (Å²) in [4.78, 5) is 42.3. The van der Waals surface area contributed by atoms with Gasteiger partial charge in [-0.15, -0.1) is 0 Å². The molecule has 4 aromatic rings. The van der Waals surface area contributed by atoms with Crippen molar-refractivity contribution in [3.05, 3.63) is 86.6 Å². The van der Waals surface area contributed by atoms with Gasteiger partial charge in [0.05, 0.1) is 45.7 Å². The maximum Gasteiger partial charge on any atom is 0.337 e. The Hall–Kier alpha value is -3.53. The Kier molecular flexibility index (Phi) is 7.30. The number of carboxylic acids is 1. The Morgan fingerprint density at radius 3 is 2.57 bits per heavy atom. The van der Waals surface area contributed by atoms with Crippen LogP contribution in [0.25, 0.3) is 16.6 Å². The van der Waals surface area contributed by atoms with E-state index in [2.05, 4.69) is 10.3 Å². The summed E-state index contributed by atoms with van der Waals surface area (Å²) in [6.07, 6.45) is 0. The van der Waals surface area contributed by atoms with Gasteiger partial charge in [0, 0.05) is 5.02 Å². The SMILES string of the molecule is COc1ccccc1-n1c(SCC(=O)Nc2c(Cl)cc(Cl)cc2C(=O)O)nc2ccccc2c1=O. The molecule has 0 atom stereocenters. The number of amides is 1. The fourth-order valence-electron chi connectivity index (χ4n) is 3.41. The number of halogens is 2. The van der Waals surface area contributed by atoms with E-state index in [1.54, 1.807) is 48.5 Å². The van der Waals surface area contributed by atoms with E-state index in [1.807, 2.05) is 0 Å². The fraction of sp³-hybridized carbons (Fsp3) is 0.0833. The Morgan fingerprint density at radius 1 is 1.11 bits per heavy atom. The first-order chi connectivity index (χ1) is 16.8. The Morgan fingerprint density at radius 2 is 1.83 bits per heavy atom. The van der Waals surface area contributed by atoms with Gasteiger partial charge < -0.3 is 15.2 Å². The first kappa shape index (κ1) is 24.6. The number of aromatic nitrogens is 2. The third-order valence-electron chi connectivity index (χ3n) is 4.95. The molecule has 0 saturated carbocycles. The zero-order valence-corrected chi connectivity index (χ0v) is 20.4. The van der Waals surface area contributed by atoms with Crippen LogP contribution in [0.4, 0.5) is 5.69 Å². The molecule has 0 unspecified atom stereocenters. The van der Waals surface area contributed by atoms with E-state index in [0.29, 0.717) is 22.3 Å². The molecule has 2 N–H and O–H groups in total. The van der Waals surface area contributed by atoms with Crippen molar-refractivity contribution >= 4 is 63.4 Å². The summed E-state index contributed by atoms with van der Waals surface area (Å²) in [5.74, 6) is -1.57. The zero-order chi connectivity index (χ0) is 25.1. The normalized spacial score (nSPS) is 10.8. The second-order valence-electron chi connectivity index (χ2n) is 7.18. The number of hydrogen-bond acceptors (Lipinski definition) is 6. The highest BCUT2D eigenvalue weighted by Gasteiger charge is 2.20. The van der Waals surface area contributed by atoms with E-state index in [4.69, 9.17) is 27.9 Å². The standard InChI is InChI=1S/C24H17Cl2N3O5S/c1-34-19-9-5-4-8-18(19)29-22(31)14-6-2-3-7-17(14)27-24(29)35-12-20(30)28-21-15(23(32)33)10-13(25)11-16(21)26/h2-11H,12H2,1H3,(H,28,30)(H,32,33). The van der Waals surface area contributed by atoms with Crippen LogP contribution < -0.4 is 15.6 Å². The maximum absolute atomic E-state index is 13.4. The van der Waals surface area contributed by atoms with Gasteiger partial charge in [0.2, 0.25) is 5.91 Å². The average molecular weight is 530 g/mol. The first-order valence-corrected chi connectivity index (χ1v) is 11.8. The monoisotopic (exact) mass is 529 g/mol. The van der Waals surface area contributed by atoms with Crippen LogP contribution in [0.2, 0.25) is 10.0 Å². The number of para-hydroxylation sites is 3. The molecule has 0 aliphatic heterocycles. The van der Waals surface area contributed by atoms with Gasteiger partial charge in [-0.2, -0.15) is 0 Å². The van der Waals surface area contributed by atoms with E-state index in [-0.39, 0.29) is 37.8 Å². The molecule has 1 aromatic heterocycles. The predicted octanol–water partition coefficient (Wildman–Crippen LogP) is 5.13. The molecule has 0 aliphatic rings. The Balaban J connectivity index is 1.71. The molecule has 8 nitrogen and oxygen atoms in total. The van der Waals surface area contributed by atoms with Crippen molar-refractivity contribution in [2.75, 3.05) is 18.2 Å². The lowest BCUT2D eigenvalue weighted by Crippen LogP contribution is -2.23. The Labute approximate surface area is 213 Å². The number of nitrogens with zero attached hydrogens (tertiary/aromatic N) is 2. The second kappa shape index (κ2) is 10.4. The van der Waals surface area contributed by atoms with E-state index >= 15 is 0 Å². The van der Waals surface area contributed by atoms with Gasteiger partial charge in [0.25, 0.3) is 5.56 Å². The van der Waals surface area contributed by atoms with Gasteiger partial charge in [0.1, 0.15) is 5.75 Å². The highest BCUT2D eigenvalue weighted by Crippen LogP contribution is 2.31. The number of anilines is 1. The zero-order valence-electron chi connectivity index (χ0n) is 18.1. The summed E-state index contributed by atoms with van der Waals surface area (Å²) in [6.45, 7) is 0. The summed E-state index contributed by atoms with van der Waals surface area (Å²) in [5, 5.41) is 12.7. The number of carbonyl (C=O) groups is 2. The van der Waals surface area contributed by atoms with Crippen molar-refractivity contribution in [3.63, 3.8) is 0 Å². The summed E-state index contributed by atoms with van der Waals surface area (Å²) in [7, 11) is 1.49. The largest absolute Gasteiger partial charge is 0.495 e. The van der Waals surface area contributed by atoms with Crippen LogP contribution in [-0.4, -0.2) is 39.4 Å². The smallest absolute Gasteiger partial charge is 0.337 e. The first-order valence-electron chi connectivity index (χ1n) is 10.1. The minimum absolute atomic E-state index is 0.0111. The van der Waals surface area contributed by atoms with E-state index in [9.17, 15) is 19.5 Å². The number of fused-ring (bicyclic) bond motifs is 1. The van der Waals surface area contributed by atoms with Crippen molar-refractivity contribution in [3.8, 4) is 11.4 Å². The van der Waals surface area contributed by atoms with Crippen molar-refractivity contribution in [1.82, 2.24) is 9.55 Å². The van der Waals surface area contributed by atoms with Crippen LogP contribution >= 0.6 is 35.0 Å². The van der Waals surface area contributed by atoms with Gasteiger partial charge in [-0.3, -0.25) is 14.2 Å². The van der Waals surface area contributed by atoms with Crippen molar-refractivity contribution in [1.29, 1.82) is 0 Å². The summed E-state index contributed by atoms with van der Waals surface area (Å²) >= 11 is 13.0. The lowest BCUT2D eigenvalue weighted by atomic mass is 10.1. The molecule has 1 heterocycles. The maximum atomic E-state index is 13.4. The third kappa shape index (κ3) is 5.12. The summed E-state index contributed by atoms with van der Waals surface area (Å²) < 4.78 is 6.81. The van der Waals surface area contributed by atoms with Crippen LogP contribution in [-0.2, 0) is 4.79 Å². The quantitative estimate of drug-likeness (QED) is 0.252. The van der Waals surface area contributed by atoms with Crippen LogP contribution in [0.15, 0.2) is 70.6 Å². The molecule has 4 rings (SSSR count). The minimum atomic E-state index is -1.29. The number of carboxylic acid groups (broad SMARTS) is 1. The molecule has 35 heavy (non-hydrogen) atoms. The summed E-state index contributed by atoms with van der Waals surface area (Å²) in [6, 6.07) is 16.4. The highest BCUT2D eigenvalue weighted by atomic mass is 35.5. The van der Waals surface area contributed by atoms with E-state index in [0.717, 1.165) is 11.8 Å². The number of benzene rings is 3. The third-order valence-corrected chi connectivity index (χ3v) is 6.41. The molecule has 178 valence electrons. The molecular formula is C24H17Cl2N3O5S. The number of aromatic carboxylic acids is 1. The van der Waals surface area contributed by atoms with Crippen LogP contribution in [0, 0.1) is 0 Å². The fourth-order valence-corrected chi connectivity index (χ4v) is 4.76. The van der Waals surface area contributed by atoms with Gasteiger partial charge >= 0.3 is 5.97 Å². The number of hydrogen-bond donors (Lipinski definition) is 2. The minimum Gasteiger partial charge on any atom is -0.495 e. The van der Waals surface area contributed by atoms with E-state index in [1.165, 1.54) is 23.8 Å². The molecule has 0 spiro atoms. The molecule has 1 amide bonds. The molecule has 0 radical (unpaired) electrons. The van der Waals surface area contributed by atoms with Crippen LogP contribution in [0.3, 0.4) is 0 Å². The number of rotatable bonds is 7. The summed E-state index contributed by atoms with van der Waals surface area (Å²) in [5.41, 5.74) is 0.311. The number of nitrogens with one attached hydrogen (secondary N) is 1. The molecule has 3 aromatic carbocycles. The van der Waals surface area contributed by atoms with E-state index < -0.39 is 11.9 Å². The number of thioether (sulfide) groups is 1. The van der Waals surface area contributed by atoms with Gasteiger partial charge in [0.15, 0.2) is 5.16 Å². The average Bonchev–Trinajstić information content (AvgIpc) is 2.84. The molecule has 0 bridgehead atoms. The highest BCUT2D eigenvalue weighted by molar-refractivity contribution is 7.99. The second-order valence-corrected chi connectivity index (χ2v) is 8.96. The topological polar surface area (TPSA) is 111 Å².